The van der Waals surface area contributed by atoms with Gasteiger partial charge in [-0.25, -0.2) is 19.7 Å². The van der Waals surface area contributed by atoms with Crippen molar-refractivity contribution in [2.24, 2.45) is 7.05 Å². The maximum Gasteiger partial charge on any atom is 0.339 e. The molecule has 8 nitrogen and oxygen atoms in total. The fourth-order valence-corrected chi connectivity index (χ4v) is 1.58. The lowest BCUT2D eigenvalue weighted by Gasteiger charge is -2.05. The van der Waals surface area contributed by atoms with Gasteiger partial charge >= 0.3 is 5.97 Å². The molecule has 0 saturated carbocycles. The lowest BCUT2D eigenvalue weighted by Crippen LogP contribution is -2.20. The number of hydrogen-bond donors (Lipinski definition) is 2. The number of rotatable bonds is 6. The maximum absolute atomic E-state index is 10.9. The quantitative estimate of drug-likeness (QED) is 0.684. The predicted molar refractivity (Wildman–Crippen MR) is 65.4 cm³/mol. The van der Waals surface area contributed by atoms with Gasteiger partial charge in [-0.1, -0.05) is 0 Å². The minimum Gasteiger partial charge on any atom is -0.478 e. The van der Waals surface area contributed by atoms with Crippen LogP contribution < -0.4 is 5.32 Å². The Kier molecular flexibility index (Phi) is 4.14. The van der Waals surface area contributed by atoms with Gasteiger partial charge in [0.15, 0.2) is 5.82 Å². The standard InChI is InChI=1S/C11H14N6O2/c1-17-7-15-10(16-17)2-3-12-5-9-8(11(18)19)4-13-6-14-9/h4,6-7,12H,2-3,5H2,1H3,(H,18,19). The fourth-order valence-electron chi connectivity index (χ4n) is 1.58. The number of aromatic carboxylic acids is 1. The van der Waals surface area contributed by atoms with E-state index in [1.807, 2.05) is 7.05 Å². The summed E-state index contributed by atoms with van der Waals surface area (Å²) < 4.78 is 1.64. The highest BCUT2D eigenvalue weighted by Crippen LogP contribution is 2.02. The average molecular weight is 262 g/mol. The van der Waals surface area contributed by atoms with E-state index in [2.05, 4.69) is 25.4 Å². The van der Waals surface area contributed by atoms with E-state index in [-0.39, 0.29) is 5.56 Å². The topological polar surface area (TPSA) is 106 Å². The first-order chi connectivity index (χ1) is 9.16. The van der Waals surface area contributed by atoms with Gasteiger partial charge in [0, 0.05) is 32.8 Å². The van der Waals surface area contributed by atoms with Crippen molar-refractivity contribution in [3.05, 3.63) is 35.9 Å². The summed E-state index contributed by atoms with van der Waals surface area (Å²) in [5.74, 6) is -0.278. The molecule has 2 N–H and O–H groups in total. The van der Waals surface area contributed by atoms with Crippen molar-refractivity contribution in [1.29, 1.82) is 0 Å². The van der Waals surface area contributed by atoms with Gasteiger partial charge in [0.1, 0.15) is 18.2 Å². The Morgan fingerprint density at radius 3 is 3.00 bits per heavy atom. The van der Waals surface area contributed by atoms with Gasteiger partial charge in [-0.2, -0.15) is 5.10 Å². The number of aromatic nitrogens is 5. The molecule has 0 aromatic carbocycles. The molecule has 2 aromatic heterocycles. The highest BCUT2D eigenvalue weighted by molar-refractivity contribution is 5.88. The summed E-state index contributed by atoms with van der Waals surface area (Å²) in [5.41, 5.74) is 0.586. The second-order valence-corrected chi connectivity index (χ2v) is 3.95. The zero-order valence-electron chi connectivity index (χ0n) is 10.4. The van der Waals surface area contributed by atoms with Crippen molar-refractivity contribution in [2.45, 2.75) is 13.0 Å². The van der Waals surface area contributed by atoms with Crippen LogP contribution in [0.4, 0.5) is 0 Å². The van der Waals surface area contributed by atoms with Gasteiger partial charge in [-0.05, 0) is 0 Å². The monoisotopic (exact) mass is 262 g/mol. The van der Waals surface area contributed by atoms with Crippen LogP contribution in [-0.4, -0.2) is 42.4 Å². The largest absolute Gasteiger partial charge is 0.478 e. The second-order valence-electron chi connectivity index (χ2n) is 3.95. The van der Waals surface area contributed by atoms with Crippen LogP contribution in [0.3, 0.4) is 0 Å². The molecule has 2 aromatic rings. The molecule has 0 aliphatic heterocycles. The summed E-state index contributed by atoms with van der Waals surface area (Å²) in [7, 11) is 1.81. The average Bonchev–Trinajstić information content (AvgIpc) is 2.81. The zero-order chi connectivity index (χ0) is 13.7. The fraction of sp³-hybridized carbons (Fsp3) is 0.364. The molecule has 0 aliphatic carbocycles. The van der Waals surface area contributed by atoms with Gasteiger partial charge in [-0.15, -0.1) is 0 Å². The van der Waals surface area contributed by atoms with Crippen molar-refractivity contribution >= 4 is 5.97 Å². The Balaban J connectivity index is 1.84. The number of carbonyl (C=O) groups is 1. The molecule has 100 valence electrons. The third kappa shape index (κ3) is 3.55. The number of carboxylic acid groups (broad SMARTS) is 1. The third-order valence-corrected chi connectivity index (χ3v) is 2.49. The van der Waals surface area contributed by atoms with E-state index in [0.29, 0.717) is 25.2 Å². The van der Waals surface area contributed by atoms with Crippen molar-refractivity contribution in [3.8, 4) is 0 Å². The van der Waals surface area contributed by atoms with Gasteiger partial charge in [0.25, 0.3) is 0 Å². The lowest BCUT2D eigenvalue weighted by atomic mass is 10.2. The summed E-state index contributed by atoms with van der Waals surface area (Å²) in [6, 6.07) is 0. The first kappa shape index (κ1) is 13.1. The van der Waals surface area contributed by atoms with Crippen molar-refractivity contribution in [2.75, 3.05) is 6.54 Å². The minimum absolute atomic E-state index is 0.117. The molecule has 0 aliphatic rings. The normalized spacial score (nSPS) is 10.6. The van der Waals surface area contributed by atoms with Gasteiger partial charge in [-0.3, -0.25) is 4.68 Å². The first-order valence-electron chi connectivity index (χ1n) is 5.74. The summed E-state index contributed by atoms with van der Waals surface area (Å²) in [6.45, 7) is 1.02. The lowest BCUT2D eigenvalue weighted by molar-refractivity contribution is 0.0694. The first-order valence-corrected chi connectivity index (χ1v) is 5.74. The van der Waals surface area contributed by atoms with Crippen molar-refractivity contribution in [1.82, 2.24) is 30.0 Å². The van der Waals surface area contributed by atoms with Crippen LogP contribution in [0.25, 0.3) is 0 Å². The molecule has 2 rings (SSSR count). The van der Waals surface area contributed by atoms with Crippen LogP contribution in [0.5, 0.6) is 0 Å². The molecule has 0 bridgehead atoms. The minimum atomic E-state index is -1.02. The Morgan fingerprint density at radius 1 is 1.47 bits per heavy atom. The number of aryl methyl sites for hydroxylation is 1. The third-order valence-electron chi connectivity index (χ3n) is 2.49. The van der Waals surface area contributed by atoms with E-state index in [1.165, 1.54) is 12.5 Å². The SMILES string of the molecule is Cn1cnc(CCNCc2ncncc2C(=O)O)n1. The van der Waals surface area contributed by atoms with Gasteiger partial charge in [0.2, 0.25) is 0 Å². The summed E-state index contributed by atoms with van der Waals surface area (Å²) in [6.07, 6.45) is 4.95. The van der Waals surface area contributed by atoms with E-state index in [4.69, 9.17) is 5.11 Å². The number of hydrogen-bond acceptors (Lipinski definition) is 6. The Morgan fingerprint density at radius 2 is 2.32 bits per heavy atom. The molecular weight excluding hydrogens is 248 g/mol. The molecule has 0 amide bonds. The highest BCUT2D eigenvalue weighted by Gasteiger charge is 2.10. The highest BCUT2D eigenvalue weighted by atomic mass is 16.4. The predicted octanol–water partition coefficient (Wildman–Crippen LogP) is -0.364. The van der Waals surface area contributed by atoms with Crippen LogP contribution in [0.1, 0.15) is 21.9 Å². The number of nitrogens with zero attached hydrogens (tertiary/aromatic N) is 5. The van der Waals surface area contributed by atoms with Crippen LogP contribution >= 0.6 is 0 Å². The molecule has 19 heavy (non-hydrogen) atoms. The van der Waals surface area contributed by atoms with Crippen LogP contribution in [0.2, 0.25) is 0 Å². The van der Waals surface area contributed by atoms with E-state index < -0.39 is 5.97 Å². The molecule has 0 spiro atoms. The zero-order valence-corrected chi connectivity index (χ0v) is 10.4. The summed E-state index contributed by atoms with van der Waals surface area (Å²) >= 11 is 0. The second kappa shape index (κ2) is 6.01. The molecule has 2 heterocycles. The van der Waals surface area contributed by atoms with Crippen molar-refractivity contribution in [3.63, 3.8) is 0 Å². The number of carboxylic acids is 1. The molecule has 8 heteroatoms. The number of nitrogens with one attached hydrogen (secondary N) is 1. The van der Waals surface area contributed by atoms with E-state index in [1.54, 1.807) is 11.0 Å². The van der Waals surface area contributed by atoms with E-state index >= 15 is 0 Å². The molecule has 0 atom stereocenters. The van der Waals surface area contributed by atoms with E-state index in [9.17, 15) is 4.79 Å². The summed E-state index contributed by atoms with van der Waals surface area (Å²) in [5, 5.41) is 16.2. The van der Waals surface area contributed by atoms with Crippen LogP contribution in [0.15, 0.2) is 18.9 Å². The smallest absolute Gasteiger partial charge is 0.339 e. The molecule has 0 saturated heterocycles. The maximum atomic E-state index is 10.9. The van der Waals surface area contributed by atoms with Crippen molar-refractivity contribution < 1.29 is 9.90 Å². The molecule has 0 fully saturated rings. The Labute approximate surface area is 109 Å². The molecule has 0 unspecified atom stereocenters. The van der Waals surface area contributed by atoms with Crippen LogP contribution in [0, 0.1) is 0 Å². The Hall–Kier alpha value is -2.35. The molecule has 0 radical (unpaired) electrons. The van der Waals surface area contributed by atoms with Gasteiger partial charge in [0.05, 0.1) is 5.69 Å². The Bertz CT molecular complexity index is 568. The molecular formula is C11H14N6O2. The summed E-state index contributed by atoms with van der Waals surface area (Å²) in [4.78, 5) is 22.7. The van der Waals surface area contributed by atoms with Crippen LogP contribution in [-0.2, 0) is 20.0 Å². The van der Waals surface area contributed by atoms with E-state index in [0.717, 1.165) is 5.82 Å². The van der Waals surface area contributed by atoms with Gasteiger partial charge < -0.3 is 10.4 Å².